The van der Waals surface area contributed by atoms with Crippen LogP contribution in [0.5, 0.6) is 0 Å². The van der Waals surface area contributed by atoms with Crippen LogP contribution in [0.3, 0.4) is 0 Å². The number of nitrogens with zero attached hydrogens (tertiary/aromatic N) is 2. The zero-order valence-electron chi connectivity index (χ0n) is 11.7. The van der Waals surface area contributed by atoms with Crippen LogP contribution in [0, 0.1) is 0 Å². The summed E-state index contributed by atoms with van der Waals surface area (Å²) in [7, 11) is 1.68. The Labute approximate surface area is 117 Å². The summed E-state index contributed by atoms with van der Waals surface area (Å²) in [4.78, 5) is 15.8. The molecule has 0 saturated heterocycles. The van der Waals surface area contributed by atoms with E-state index in [0.717, 1.165) is 29.7 Å². The quantitative estimate of drug-likeness (QED) is 0.910. The number of carboxylic acids is 1. The highest BCUT2D eigenvalue weighted by Gasteiger charge is 2.31. The number of aromatic carboxylic acids is 1. The van der Waals surface area contributed by atoms with Crippen LogP contribution in [0.25, 0.3) is 11.0 Å². The molecule has 1 N–H and O–H groups in total. The summed E-state index contributed by atoms with van der Waals surface area (Å²) in [5, 5.41) is 9.15. The van der Waals surface area contributed by atoms with Gasteiger partial charge in [-0.15, -0.1) is 0 Å². The summed E-state index contributed by atoms with van der Waals surface area (Å²) < 4.78 is 7.39. The molecule has 1 saturated carbocycles. The normalized spacial score (nSPS) is 16.5. The number of ether oxygens (including phenoxy) is 1. The van der Waals surface area contributed by atoms with Gasteiger partial charge >= 0.3 is 5.97 Å². The Hall–Kier alpha value is -1.88. The van der Waals surface area contributed by atoms with Crippen LogP contribution < -0.4 is 0 Å². The van der Waals surface area contributed by atoms with Crippen molar-refractivity contribution in [2.24, 2.45) is 0 Å². The Morgan fingerprint density at radius 2 is 2.30 bits per heavy atom. The van der Waals surface area contributed by atoms with Crippen LogP contribution in [0.15, 0.2) is 18.2 Å². The lowest BCUT2D eigenvalue weighted by Gasteiger charge is -2.16. The summed E-state index contributed by atoms with van der Waals surface area (Å²) in [6, 6.07) is 5.26. The predicted octanol–water partition coefficient (Wildman–Crippen LogP) is 2.82. The third-order valence-corrected chi connectivity index (χ3v) is 3.75. The second kappa shape index (κ2) is 4.90. The molecule has 2 aromatic rings. The third-order valence-electron chi connectivity index (χ3n) is 3.75. The maximum Gasteiger partial charge on any atom is 0.335 e. The maximum atomic E-state index is 11.2. The van der Waals surface area contributed by atoms with E-state index in [2.05, 4.69) is 11.5 Å². The molecule has 106 valence electrons. The molecule has 0 spiro atoms. The minimum absolute atomic E-state index is 0.143. The molecular formula is C15H18N2O3. The van der Waals surface area contributed by atoms with Gasteiger partial charge in [-0.3, -0.25) is 0 Å². The number of hydrogen-bond donors (Lipinski definition) is 1. The van der Waals surface area contributed by atoms with Crippen LogP contribution in [-0.4, -0.2) is 34.3 Å². The monoisotopic (exact) mass is 274 g/mol. The number of rotatable bonds is 5. The number of hydrogen-bond acceptors (Lipinski definition) is 3. The van der Waals surface area contributed by atoms with Crippen molar-refractivity contribution >= 4 is 17.0 Å². The van der Waals surface area contributed by atoms with Crippen molar-refractivity contribution in [1.82, 2.24) is 9.55 Å². The fourth-order valence-electron chi connectivity index (χ4n) is 2.65. The van der Waals surface area contributed by atoms with Gasteiger partial charge in [0, 0.05) is 13.0 Å². The van der Waals surface area contributed by atoms with Gasteiger partial charge in [-0.05, 0) is 38.0 Å². The zero-order chi connectivity index (χ0) is 14.3. The summed E-state index contributed by atoms with van der Waals surface area (Å²) >= 11 is 0. The van der Waals surface area contributed by atoms with Gasteiger partial charge in [0.1, 0.15) is 5.82 Å². The highest BCUT2D eigenvalue weighted by atomic mass is 16.5. The van der Waals surface area contributed by atoms with Crippen molar-refractivity contribution in [1.29, 1.82) is 0 Å². The van der Waals surface area contributed by atoms with Crippen molar-refractivity contribution < 1.29 is 14.6 Å². The Balaban J connectivity index is 2.17. The second-order valence-electron chi connectivity index (χ2n) is 5.43. The van der Waals surface area contributed by atoms with Crippen LogP contribution in [0.2, 0.25) is 0 Å². The van der Waals surface area contributed by atoms with E-state index >= 15 is 0 Å². The van der Waals surface area contributed by atoms with Crippen molar-refractivity contribution in [2.45, 2.75) is 31.7 Å². The number of carbonyl (C=O) groups is 1. The second-order valence-corrected chi connectivity index (χ2v) is 5.43. The standard InChI is InChI=1S/C15H18N2O3/c1-9(8-20-2)17-13-7-11(15(18)19)5-6-12(13)16-14(17)10-3-4-10/h5-7,9-10H,3-4,8H2,1-2H3,(H,18,19). The van der Waals surface area contributed by atoms with Crippen LogP contribution in [-0.2, 0) is 4.74 Å². The molecule has 0 amide bonds. The van der Waals surface area contributed by atoms with E-state index in [1.54, 1.807) is 25.3 Å². The molecule has 1 aromatic heterocycles. The first-order valence-corrected chi connectivity index (χ1v) is 6.86. The predicted molar refractivity (Wildman–Crippen MR) is 75.3 cm³/mol. The highest BCUT2D eigenvalue weighted by molar-refractivity contribution is 5.92. The molecule has 1 heterocycles. The molecule has 0 aliphatic heterocycles. The number of aromatic nitrogens is 2. The van der Waals surface area contributed by atoms with E-state index < -0.39 is 5.97 Å². The van der Waals surface area contributed by atoms with Gasteiger partial charge in [-0.2, -0.15) is 0 Å². The SMILES string of the molecule is COCC(C)n1c(C2CC2)nc2ccc(C(=O)O)cc21. The van der Waals surface area contributed by atoms with E-state index in [-0.39, 0.29) is 6.04 Å². The minimum Gasteiger partial charge on any atom is -0.478 e. The van der Waals surface area contributed by atoms with E-state index in [0.29, 0.717) is 18.1 Å². The first kappa shape index (κ1) is 13.1. The lowest BCUT2D eigenvalue weighted by molar-refractivity contribution is 0.0697. The molecule has 1 unspecified atom stereocenters. The van der Waals surface area contributed by atoms with Crippen molar-refractivity contribution in [3.8, 4) is 0 Å². The van der Waals surface area contributed by atoms with E-state index in [9.17, 15) is 4.79 Å². The summed E-state index contributed by atoms with van der Waals surface area (Å²) in [6.45, 7) is 2.66. The summed E-state index contributed by atoms with van der Waals surface area (Å²) in [6.07, 6.45) is 2.32. The van der Waals surface area contributed by atoms with E-state index in [1.807, 2.05) is 0 Å². The minimum atomic E-state index is -0.910. The molecule has 20 heavy (non-hydrogen) atoms. The average molecular weight is 274 g/mol. The summed E-state index contributed by atoms with van der Waals surface area (Å²) in [5.74, 6) is 0.661. The number of fused-ring (bicyclic) bond motifs is 1. The lowest BCUT2D eigenvalue weighted by atomic mass is 10.2. The van der Waals surface area contributed by atoms with Gasteiger partial charge in [0.05, 0.1) is 29.2 Å². The molecule has 0 radical (unpaired) electrons. The Kier molecular flexibility index (Phi) is 3.22. The molecule has 1 aliphatic rings. The molecule has 1 fully saturated rings. The fraction of sp³-hybridized carbons (Fsp3) is 0.467. The van der Waals surface area contributed by atoms with E-state index in [4.69, 9.17) is 14.8 Å². The molecule has 5 heteroatoms. The van der Waals surface area contributed by atoms with Crippen molar-refractivity contribution in [3.05, 3.63) is 29.6 Å². The van der Waals surface area contributed by atoms with E-state index in [1.165, 1.54) is 0 Å². The number of methoxy groups -OCH3 is 1. The van der Waals surface area contributed by atoms with Gasteiger partial charge in [-0.1, -0.05) is 0 Å². The zero-order valence-corrected chi connectivity index (χ0v) is 11.7. The Morgan fingerprint density at radius 1 is 1.55 bits per heavy atom. The Morgan fingerprint density at radius 3 is 2.90 bits per heavy atom. The first-order chi connectivity index (χ1) is 9.61. The van der Waals surface area contributed by atoms with Crippen LogP contribution in [0.1, 0.15) is 47.9 Å². The van der Waals surface area contributed by atoms with Crippen LogP contribution in [0.4, 0.5) is 0 Å². The molecule has 5 nitrogen and oxygen atoms in total. The molecule has 3 rings (SSSR count). The smallest absolute Gasteiger partial charge is 0.335 e. The highest BCUT2D eigenvalue weighted by Crippen LogP contribution is 2.41. The van der Waals surface area contributed by atoms with Gasteiger partial charge in [0.25, 0.3) is 0 Å². The number of carboxylic acid groups (broad SMARTS) is 1. The van der Waals surface area contributed by atoms with Gasteiger partial charge in [0.2, 0.25) is 0 Å². The number of benzene rings is 1. The van der Waals surface area contributed by atoms with Gasteiger partial charge in [0.15, 0.2) is 0 Å². The topological polar surface area (TPSA) is 64.4 Å². The Bertz CT molecular complexity index is 658. The lowest BCUT2D eigenvalue weighted by Crippen LogP contribution is -2.14. The largest absolute Gasteiger partial charge is 0.478 e. The van der Waals surface area contributed by atoms with Crippen LogP contribution >= 0.6 is 0 Å². The summed E-state index contributed by atoms with van der Waals surface area (Å²) in [5.41, 5.74) is 2.04. The molecule has 1 aliphatic carbocycles. The molecule has 1 aromatic carbocycles. The van der Waals surface area contributed by atoms with Gasteiger partial charge in [-0.25, -0.2) is 9.78 Å². The molecule has 1 atom stereocenters. The number of imidazole rings is 1. The average Bonchev–Trinajstić information content (AvgIpc) is 3.18. The van der Waals surface area contributed by atoms with Crippen molar-refractivity contribution in [2.75, 3.05) is 13.7 Å². The fourth-order valence-corrected chi connectivity index (χ4v) is 2.65. The molecule has 0 bridgehead atoms. The maximum absolute atomic E-state index is 11.2. The first-order valence-electron chi connectivity index (χ1n) is 6.86. The van der Waals surface area contributed by atoms with Crippen molar-refractivity contribution in [3.63, 3.8) is 0 Å². The van der Waals surface area contributed by atoms with Gasteiger partial charge < -0.3 is 14.4 Å². The molecular weight excluding hydrogens is 256 g/mol. The third kappa shape index (κ3) is 2.18.